The molecule has 0 atom stereocenters. The second kappa shape index (κ2) is 6.96. The Morgan fingerprint density at radius 1 is 1.38 bits per heavy atom. The molecule has 0 aliphatic rings. The molecule has 0 aliphatic carbocycles. The molecule has 114 valence electrons. The minimum absolute atomic E-state index is 0.208. The molecule has 21 heavy (non-hydrogen) atoms. The lowest BCUT2D eigenvalue weighted by atomic mass is 10.1. The predicted octanol–water partition coefficient (Wildman–Crippen LogP) is 3.63. The molecule has 2 rings (SSSR count). The normalized spacial score (nSPS) is 11.3. The minimum atomic E-state index is -0.208. The van der Waals surface area contributed by atoms with Crippen LogP contribution >= 0.6 is 11.6 Å². The van der Waals surface area contributed by atoms with Gasteiger partial charge in [0.25, 0.3) is 0 Å². The van der Waals surface area contributed by atoms with Crippen LogP contribution in [0.2, 0.25) is 5.15 Å². The number of esters is 1. The van der Waals surface area contributed by atoms with Gasteiger partial charge < -0.3 is 14.6 Å². The van der Waals surface area contributed by atoms with Crippen molar-refractivity contribution in [3.05, 3.63) is 28.9 Å². The van der Waals surface area contributed by atoms with E-state index in [1.54, 1.807) is 0 Å². The number of benzene rings is 1. The summed E-state index contributed by atoms with van der Waals surface area (Å²) in [7, 11) is 4.04. The summed E-state index contributed by atoms with van der Waals surface area (Å²) in [5, 5.41) is 1.53. The van der Waals surface area contributed by atoms with E-state index in [0.29, 0.717) is 17.3 Å². The van der Waals surface area contributed by atoms with Gasteiger partial charge in [0.1, 0.15) is 10.9 Å². The molecule has 0 radical (unpaired) electrons. The maximum absolute atomic E-state index is 11.8. The average molecular weight is 309 g/mol. The Kier molecular flexibility index (Phi) is 5.26. The van der Waals surface area contributed by atoms with Crippen molar-refractivity contribution in [3.63, 3.8) is 0 Å². The molecule has 0 unspecified atom stereocenters. The van der Waals surface area contributed by atoms with Gasteiger partial charge in [-0.2, -0.15) is 0 Å². The van der Waals surface area contributed by atoms with Gasteiger partial charge in [0.05, 0.1) is 5.52 Å². The number of carbonyl (C=O) groups is 1. The molecular weight excluding hydrogens is 288 g/mol. The van der Waals surface area contributed by atoms with Crippen molar-refractivity contribution < 1.29 is 9.53 Å². The number of rotatable bonds is 6. The molecule has 5 heteroatoms. The summed E-state index contributed by atoms with van der Waals surface area (Å²) in [6.45, 7) is 2.83. The number of fused-ring (bicyclic) bond motifs is 1. The molecule has 0 fully saturated rings. The molecule has 1 heterocycles. The maximum Gasteiger partial charge on any atom is 0.311 e. The van der Waals surface area contributed by atoms with Gasteiger partial charge in [-0.1, -0.05) is 24.6 Å². The molecule has 0 saturated carbocycles. The quantitative estimate of drug-likeness (QED) is 0.654. The summed E-state index contributed by atoms with van der Waals surface area (Å²) < 4.78 is 5.50. The number of aromatic amines is 1. The lowest BCUT2D eigenvalue weighted by molar-refractivity contribution is -0.134. The first-order chi connectivity index (χ1) is 10.0. The Hall–Kier alpha value is -1.52. The van der Waals surface area contributed by atoms with Gasteiger partial charge in [0.15, 0.2) is 0 Å². The van der Waals surface area contributed by atoms with E-state index in [1.807, 2.05) is 39.2 Å². The van der Waals surface area contributed by atoms with E-state index in [9.17, 15) is 4.79 Å². The second-order valence-electron chi connectivity index (χ2n) is 5.37. The Bertz CT molecular complexity index is 634. The number of nitrogens with zero attached hydrogens (tertiary/aromatic N) is 1. The van der Waals surface area contributed by atoms with Gasteiger partial charge in [0, 0.05) is 23.9 Å². The number of H-pyrrole nitrogens is 1. The van der Waals surface area contributed by atoms with Crippen molar-refractivity contribution in [1.29, 1.82) is 0 Å². The number of aromatic nitrogens is 1. The largest absolute Gasteiger partial charge is 0.426 e. The van der Waals surface area contributed by atoms with Crippen LogP contribution in [0.25, 0.3) is 10.9 Å². The van der Waals surface area contributed by atoms with Crippen molar-refractivity contribution in [2.45, 2.75) is 26.2 Å². The van der Waals surface area contributed by atoms with Crippen molar-refractivity contribution in [3.8, 4) is 5.75 Å². The number of halogens is 1. The Morgan fingerprint density at radius 2 is 2.14 bits per heavy atom. The van der Waals surface area contributed by atoms with Crippen LogP contribution < -0.4 is 4.74 Å². The Morgan fingerprint density at radius 3 is 2.81 bits per heavy atom. The summed E-state index contributed by atoms with van der Waals surface area (Å²) in [6.07, 6.45) is 1.99. The molecule has 1 aromatic carbocycles. The van der Waals surface area contributed by atoms with Crippen LogP contribution in [0.1, 0.15) is 25.3 Å². The van der Waals surface area contributed by atoms with E-state index in [-0.39, 0.29) is 5.97 Å². The van der Waals surface area contributed by atoms with E-state index in [1.165, 1.54) is 0 Å². The summed E-state index contributed by atoms with van der Waals surface area (Å²) in [5.74, 6) is 0.378. The third kappa shape index (κ3) is 3.77. The molecule has 1 aromatic heterocycles. The molecule has 0 aliphatic heterocycles. The first-order valence-corrected chi connectivity index (χ1v) is 7.55. The molecular formula is C16H21ClN2O2. The zero-order valence-electron chi connectivity index (χ0n) is 12.7. The van der Waals surface area contributed by atoms with E-state index in [2.05, 4.69) is 9.88 Å². The first kappa shape index (κ1) is 15.9. The minimum Gasteiger partial charge on any atom is -0.426 e. The fourth-order valence-corrected chi connectivity index (χ4v) is 2.57. The molecule has 1 N–H and O–H groups in total. The van der Waals surface area contributed by atoms with Gasteiger partial charge >= 0.3 is 5.97 Å². The highest BCUT2D eigenvalue weighted by molar-refractivity contribution is 6.32. The first-order valence-electron chi connectivity index (χ1n) is 7.17. The molecule has 0 saturated heterocycles. The molecule has 0 amide bonds. The summed E-state index contributed by atoms with van der Waals surface area (Å²) in [6, 6.07) is 5.62. The zero-order valence-corrected chi connectivity index (χ0v) is 13.5. The number of ether oxygens (including phenoxy) is 1. The molecule has 0 spiro atoms. The lowest BCUT2D eigenvalue weighted by Gasteiger charge is -2.10. The Labute approximate surface area is 130 Å². The second-order valence-corrected chi connectivity index (χ2v) is 5.75. The monoisotopic (exact) mass is 308 g/mol. The van der Waals surface area contributed by atoms with Gasteiger partial charge in [-0.3, -0.25) is 4.79 Å². The van der Waals surface area contributed by atoms with Gasteiger partial charge in [-0.05, 0) is 39.1 Å². The van der Waals surface area contributed by atoms with Crippen LogP contribution in [0, 0.1) is 0 Å². The zero-order chi connectivity index (χ0) is 15.4. The lowest BCUT2D eigenvalue weighted by Crippen LogP contribution is -2.15. The van der Waals surface area contributed by atoms with Gasteiger partial charge in [-0.25, -0.2) is 0 Å². The van der Waals surface area contributed by atoms with E-state index < -0.39 is 0 Å². The van der Waals surface area contributed by atoms with Crippen molar-refractivity contribution in [2.24, 2.45) is 0 Å². The highest BCUT2D eigenvalue weighted by atomic mass is 35.5. The van der Waals surface area contributed by atoms with Crippen LogP contribution in [0.3, 0.4) is 0 Å². The topological polar surface area (TPSA) is 45.3 Å². The number of carbonyl (C=O) groups excluding carboxylic acids is 1. The van der Waals surface area contributed by atoms with Crippen LogP contribution in [-0.4, -0.2) is 36.5 Å². The Balaban J connectivity index is 2.38. The SMILES string of the molecule is CCCC(=O)Oc1cccc2[nH]c(Cl)c(CCN(C)C)c12. The van der Waals surface area contributed by atoms with Crippen LogP contribution in [0.5, 0.6) is 5.75 Å². The van der Waals surface area contributed by atoms with Gasteiger partial charge in [0.2, 0.25) is 0 Å². The van der Waals surface area contributed by atoms with Crippen molar-refractivity contribution >= 4 is 28.5 Å². The molecule has 0 bridgehead atoms. The summed E-state index contributed by atoms with van der Waals surface area (Å²) in [5.41, 5.74) is 1.90. The van der Waals surface area contributed by atoms with E-state index in [0.717, 1.165) is 35.9 Å². The number of nitrogens with one attached hydrogen (secondary N) is 1. The highest BCUT2D eigenvalue weighted by Gasteiger charge is 2.16. The van der Waals surface area contributed by atoms with Crippen LogP contribution in [0.15, 0.2) is 18.2 Å². The smallest absolute Gasteiger partial charge is 0.311 e. The summed E-state index contributed by atoms with van der Waals surface area (Å²) >= 11 is 6.31. The predicted molar refractivity (Wildman–Crippen MR) is 86.1 cm³/mol. The van der Waals surface area contributed by atoms with E-state index in [4.69, 9.17) is 16.3 Å². The van der Waals surface area contributed by atoms with E-state index >= 15 is 0 Å². The highest BCUT2D eigenvalue weighted by Crippen LogP contribution is 2.34. The van der Waals surface area contributed by atoms with Crippen LogP contribution in [0.4, 0.5) is 0 Å². The third-order valence-electron chi connectivity index (χ3n) is 3.32. The van der Waals surface area contributed by atoms with Gasteiger partial charge in [-0.15, -0.1) is 0 Å². The fourth-order valence-electron chi connectivity index (χ4n) is 2.28. The van der Waals surface area contributed by atoms with Crippen molar-refractivity contribution in [2.75, 3.05) is 20.6 Å². The fraction of sp³-hybridized carbons (Fsp3) is 0.438. The maximum atomic E-state index is 11.8. The standard InChI is InChI=1S/C16H21ClN2O2/c1-4-6-14(20)21-13-8-5-7-12-15(13)11(16(17)18-12)9-10-19(2)3/h5,7-8,18H,4,6,9-10H2,1-3H3. The molecule has 2 aromatic rings. The van der Waals surface area contributed by atoms with Crippen LogP contribution in [-0.2, 0) is 11.2 Å². The molecule has 4 nitrogen and oxygen atoms in total. The third-order valence-corrected chi connectivity index (χ3v) is 3.65. The summed E-state index contributed by atoms with van der Waals surface area (Å²) in [4.78, 5) is 17.0. The average Bonchev–Trinajstić information content (AvgIpc) is 2.73. The number of hydrogen-bond acceptors (Lipinski definition) is 3. The number of likely N-dealkylation sites (N-methyl/N-ethyl adjacent to an activating group) is 1. The van der Waals surface area contributed by atoms with Crippen molar-refractivity contribution in [1.82, 2.24) is 9.88 Å². The number of hydrogen-bond donors (Lipinski definition) is 1.